The average Bonchev–Trinajstić information content (AvgIpc) is 3.89. The quantitative estimate of drug-likeness (QED) is 0.115. The van der Waals surface area contributed by atoms with E-state index in [9.17, 15) is 9.59 Å². The summed E-state index contributed by atoms with van der Waals surface area (Å²) in [6, 6.07) is 50.1. The molecule has 0 spiro atoms. The molecule has 6 nitrogen and oxygen atoms in total. The van der Waals surface area contributed by atoms with Crippen molar-refractivity contribution < 1.29 is 0 Å². The van der Waals surface area contributed by atoms with Crippen molar-refractivity contribution in [3.63, 3.8) is 0 Å². The van der Waals surface area contributed by atoms with Crippen molar-refractivity contribution >= 4 is 141 Å². The number of pyridine rings is 2. The lowest BCUT2D eigenvalue weighted by molar-refractivity contribution is 1.19. The molecular formula is C52H24N4O2. The summed E-state index contributed by atoms with van der Waals surface area (Å²) >= 11 is 0. The van der Waals surface area contributed by atoms with Crippen LogP contribution in [0.2, 0.25) is 0 Å². The van der Waals surface area contributed by atoms with Gasteiger partial charge in [0.05, 0.1) is 22.1 Å². The van der Waals surface area contributed by atoms with E-state index in [4.69, 9.17) is 9.97 Å². The van der Waals surface area contributed by atoms with Crippen molar-refractivity contribution in [1.82, 2.24) is 18.8 Å². The molecule has 0 saturated heterocycles. The predicted octanol–water partition coefficient (Wildman–Crippen LogP) is 11.9. The van der Waals surface area contributed by atoms with Gasteiger partial charge in [-0.2, -0.15) is 0 Å². The maximum absolute atomic E-state index is 14.9. The van der Waals surface area contributed by atoms with E-state index in [1.54, 1.807) is 0 Å². The van der Waals surface area contributed by atoms with Gasteiger partial charge in [0, 0.05) is 53.9 Å². The largest absolute Gasteiger partial charge is 0.268 e. The summed E-state index contributed by atoms with van der Waals surface area (Å²) in [6.07, 6.45) is 0. The van der Waals surface area contributed by atoms with Crippen LogP contribution in [0.5, 0.6) is 0 Å². The molecule has 0 N–H and O–H groups in total. The lowest BCUT2D eigenvalue weighted by Gasteiger charge is -2.18. The second kappa shape index (κ2) is 9.70. The van der Waals surface area contributed by atoms with Crippen LogP contribution >= 0.6 is 0 Å². The molecule has 11 aromatic carbocycles. The summed E-state index contributed by atoms with van der Waals surface area (Å²) < 4.78 is 3.69. The lowest BCUT2D eigenvalue weighted by Crippen LogP contribution is -2.14. The van der Waals surface area contributed by atoms with Crippen LogP contribution in [0.3, 0.4) is 0 Å². The molecule has 15 rings (SSSR count). The molecule has 58 heavy (non-hydrogen) atoms. The van der Waals surface area contributed by atoms with Gasteiger partial charge in [0.2, 0.25) is 0 Å². The lowest BCUT2D eigenvalue weighted by atomic mass is 9.86. The molecule has 6 heteroatoms. The first-order valence-electron chi connectivity index (χ1n) is 19.6. The van der Waals surface area contributed by atoms with Crippen LogP contribution in [0.1, 0.15) is 0 Å². The van der Waals surface area contributed by atoms with Crippen LogP contribution in [0.25, 0.3) is 141 Å². The number of aromatic nitrogens is 4. The number of hydrogen-bond acceptors (Lipinski definition) is 4. The molecule has 264 valence electrons. The molecule has 15 aromatic rings. The van der Waals surface area contributed by atoms with E-state index in [-0.39, 0.29) is 11.1 Å². The molecule has 0 bridgehead atoms. The van der Waals surface area contributed by atoms with E-state index in [0.717, 1.165) is 119 Å². The second-order valence-corrected chi connectivity index (χ2v) is 15.9. The van der Waals surface area contributed by atoms with Crippen LogP contribution < -0.4 is 11.1 Å². The third-order valence-corrected chi connectivity index (χ3v) is 13.3. The van der Waals surface area contributed by atoms with Gasteiger partial charge >= 0.3 is 0 Å². The maximum atomic E-state index is 14.9. The number of rotatable bonds is 0. The fraction of sp³-hybridized carbons (Fsp3) is 0. The summed E-state index contributed by atoms with van der Waals surface area (Å²) in [7, 11) is 0. The fourth-order valence-corrected chi connectivity index (χ4v) is 11.0. The van der Waals surface area contributed by atoms with Crippen molar-refractivity contribution in [2.24, 2.45) is 0 Å². The zero-order valence-electron chi connectivity index (χ0n) is 30.5. The Morgan fingerprint density at radius 1 is 0.276 bits per heavy atom. The van der Waals surface area contributed by atoms with Gasteiger partial charge in [-0.3, -0.25) is 18.4 Å². The Labute approximate surface area is 325 Å². The van der Waals surface area contributed by atoms with E-state index in [0.29, 0.717) is 22.1 Å². The van der Waals surface area contributed by atoms with Crippen molar-refractivity contribution in [1.29, 1.82) is 0 Å². The van der Waals surface area contributed by atoms with Gasteiger partial charge in [0.1, 0.15) is 11.3 Å². The first-order valence-corrected chi connectivity index (χ1v) is 19.6. The Hall–Kier alpha value is -7.96. The minimum Gasteiger partial charge on any atom is -0.268 e. The summed E-state index contributed by atoms with van der Waals surface area (Å²) in [5, 5.41) is 19.8. The first-order chi connectivity index (χ1) is 28.7. The standard InChI is InChI=1S/C52H24N4O2/c57-51-39-23-19-31-30-18-22-38-44-40(52(58)56-48-36-16-8-4-12-28(36)26-10-2-6-14-34(26)46(48)54-50(38)56)24-20-32(42(30)44)29-17-21-37(43(39)41(29)31)49-53-45-33-13-5-1-9-25(33)27-11-3-7-15-35(27)47(45)55(49)51/h1-24H. The third kappa shape index (κ3) is 3.14. The van der Waals surface area contributed by atoms with Crippen LogP contribution in [-0.2, 0) is 0 Å². The Bertz CT molecular complexity index is 4230. The molecule has 0 radical (unpaired) electrons. The predicted molar refractivity (Wildman–Crippen MR) is 240 cm³/mol. The van der Waals surface area contributed by atoms with E-state index < -0.39 is 0 Å². The Morgan fingerprint density at radius 3 is 0.931 bits per heavy atom. The fourth-order valence-electron chi connectivity index (χ4n) is 11.0. The number of hydrogen-bond donors (Lipinski definition) is 0. The molecule has 0 unspecified atom stereocenters. The second-order valence-electron chi connectivity index (χ2n) is 15.9. The zero-order valence-corrected chi connectivity index (χ0v) is 30.5. The number of nitrogens with zero attached hydrogens (tertiary/aromatic N) is 4. The molecule has 0 saturated carbocycles. The minimum absolute atomic E-state index is 0.0743. The van der Waals surface area contributed by atoms with Gasteiger partial charge < -0.3 is 0 Å². The summed E-state index contributed by atoms with van der Waals surface area (Å²) in [5.74, 6) is 0. The summed E-state index contributed by atoms with van der Waals surface area (Å²) in [6.45, 7) is 0. The molecule has 0 fully saturated rings. The van der Waals surface area contributed by atoms with Crippen LogP contribution in [0, 0.1) is 0 Å². The Kier molecular flexibility index (Phi) is 4.91. The maximum Gasteiger partial charge on any atom is 0.264 e. The van der Waals surface area contributed by atoms with Gasteiger partial charge in [0.25, 0.3) is 11.1 Å². The van der Waals surface area contributed by atoms with E-state index in [2.05, 4.69) is 109 Å². The van der Waals surface area contributed by atoms with Crippen LogP contribution in [-0.4, -0.2) is 18.8 Å². The normalized spacial score (nSPS) is 13.0. The Balaban J connectivity index is 1.12. The summed E-state index contributed by atoms with van der Waals surface area (Å²) in [4.78, 5) is 40.5. The first kappa shape index (κ1) is 29.3. The molecule has 0 aliphatic carbocycles. The monoisotopic (exact) mass is 736 g/mol. The van der Waals surface area contributed by atoms with Crippen molar-refractivity contribution in [2.45, 2.75) is 0 Å². The van der Waals surface area contributed by atoms with Gasteiger partial charge in [-0.15, -0.1) is 0 Å². The minimum atomic E-state index is -0.0743. The molecule has 0 aliphatic rings. The number of imidazole rings is 2. The highest BCUT2D eigenvalue weighted by molar-refractivity contribution is 6.41. The van der Waals surface area contributed by atoms with Crippen LogP contribution in [0.4, 0.5) is 0 Å². The topological polar surface area (TPSA) is 68.7 Å². The van der Waals surface area contributed by atoms with E-state index in [1.807, 2.05) is 45.2 Å². The molecule has 0 atom stereocenters. The number of fused-ring (bicyclic) bond motifs is 20. The van der Waals surface area contributed by atoms with Gasteiger partial charge in [-0.25, -0.2) is 9.97 Å². The molecule has 0 aliphatic heterocycles. The average molecular weight is 737 g/mol. The highest BCUT2D eigenvalue weighted by atomic mass is 16.1. The van der Waals surface area contributed by atoms with Gasteiger partial charge in [-0.1, -0.05) is 121 Å². The van der Waals surface area contributed by atoms with Crippen molar-refractivity contribution in [3.8, 4) is 0 Å². The van der Waals surface area contributed by atoms with Crippen molar-refractivity contribution in [2.75, 3.05) is 0 Å². The third-order valence-electron chi connectivity index (χ3n) is 13.3. The zero-order chi connectivity index (χ0) is 37.7. The van der Waals surface area contributed by atoms with Gasteiger partial charge in [-0.05, 0) is 78.1 Å². The van der Waals surface area contributed by atoms with Gasteiger partial charge in [0.15, 0.2) is 0 Å². The molecule has 0 amide bonds. The smallest absolute Gasteiger partial charge is 0.264 e. The van der Waals surface area contributed by atoms with Crippen LogP contribution in [0.15, 0.2) is 155 Å². The Morgan fingerprint density at radius 2 is 0.552 bits per heavy atom. The van der Waals surface area contributed by atoms with Crippen molar-refractivity contribution in [3.05, 3.63) is 166 Å². The number of benzene rings is 11. The van der Waals surface area contributed by atoms with E-state index >= 15 is 0 Å². The highest BCUT2D eigenvalue weighted by Crippen LogP contribution is 2.47. The molecule has 4 heterocycles. The summed E-state index contributed by atoms with van der Waals surface area (Å²) in [5.41, 5.74) is 4.53. The molecule has 4 aromatic heterocycles. The van der Waals surface area contributed by atoms with E-state index in [1.165, 1.54) is 0 Å². The highest BCUT2D eigenvalue weighted by Gasteiger charge is 2.26. The molecular weight excluding hydrogens is 713 g/mol. The SMILES string of the molecule is O=c1c2ccc3c4ccc5c6c(ccc(c7ccc(c2c37)c2nc3c7ccccc7c7ccccc7c3n12)c46)c(=O)n1c5nc2c3ccccc3c3ccccc3c21.